The fraction of sp³-hybridized carbons (Fsp3) is 0.310. The third kappa shape index (κ3) is 10.2. The number of rotatable bonds is 10. The minimum Gasteiger partial charge on any atom is -0.497 e. The number of benzene rings is 2. The van der Waals surface area contributed by atoms with Crippen molar-refractivity contribution in [3.8, 4) is 23.3 Å². The lowest BCUT2D eigenvalue weighted by Crippen LogP contribution is -2.35. The van der Waals surface area contributed by atoms with Gasteiger partial charge in [0, 0.05) is 30.8 Å². The van der Waals surface area contributed by atoms with Gasteiger partial charge in [-0.1, -0.05) is 17.3 Å². The molecular formula is C29H31N5O7. The number of amides is 1. The molecule has 1 aromatic heterocycles. The van der Waals surface area contributed by atoms with Gasteiger partial charge in [0.05, 0.1) is 18.7 Å². The van der Waals surface area contributed by atoms with E-state index in [0.717, 1.165) is 44.6 Å². The van der Waals surface area contributed by atoms with E-state index in [9.17, 15) is 14.4 Å². The van der Waals surface area contributed by atoms with Crippen LogP contribution in [-0.4, -0.2) is 69.8 Å². The molecule has 1 fully saturated rings. The van der Waals surface area contributed by atoms with Gasteiger partial charge >= 0.3 is 11.9 Å². The van der Waals surface area contributed by atoms with Gasteiger partial charge in [0.25, 0.3) is 17.6 Å². The Kier molecular flexibility index (Phi) is 11.6. The highest BCUT2D eigenvalue weighted by atomic mass is 16.5. The zero-order chi connectivity index (χ0) is 29.6. The maximum atomic E-state index is 12.4. The predicted molar refractivity (Wildman–Crippen MR) is 147 cm³/mol. The molecule has 0 spiro atoms. The molecule has 3 aromatic rings. The molecule has 1 saturated heterocycles. The summed E-state index contributed by atoms with van der Waals surface area (Å²) in [7, 11) is 1.68. The van der Waals surface area contributed by atoms with E-state index in [1.807, 2.05) is 12.1 Å². The highest BCUT2D eigenvalue weighted by Gasteiger charge is 2.20. The van der Waals surface area contributed by atoms with E-state index in [0.29, 0.717) is 35.7 Å². The number of aromatic nitrogens is 2. The van der Waals surface area contributed by atoms with Crippen molar-refractivity contribution in [2.45, 2.75) is 25.8 Å². The fourth-order valence-electron chi connectivity index (χ4n) is 4.15. The number of likely N-dealkylation sites (tertiary alicyclic amines) is 1. The van der Waals surface area contributed by atoms with Gasteiger partial charge in [-0.3, -0.25) is 9.69 Å². The number of nitriles is 1. The summed E-state index contributed by atoms with van der Waals surface area (Å²) in [6.45, 7) is 3.66. The van der Waals surface area contributed by atoms with Gasteiger partial charge in [-0.05, 0) is 80.2 Å². The normalized spacial score (nSPS) is 13.6. The number of hydrogen-bond acceptors (Lipinski definition) is 9. The monoisotopic (exact) mass is 561 g/mol. The van der Waals surface area contributed by atoms with Crippen LogP contribution in [0.5, 0.6) is 5.75 Å². The Hall–Kier alpha value is -5.02. The smallest absolute Gasteiger partial charge is 0.328 e. The maximum absolute atomic E-state index is 12.4. The van der Waals surface area contributed by atoms with E-state index in [1.165, 1.54) is 5.56 Å². The number of piperidine rings is 1. The summed E-state index contributed by atoms with van der Waals surface area (Å²) >= 11 is 0. The van der Waals surface area contributed by atoms with Crippen LogP contribution in [0, 0.1) is 17.2 Å². The second-order valence-electron chi connectivity index (χ2n) is 9.23. The molecule has 1 amide bonds. The molecule has 0 unspecified atom stereocenters. The SMILES string of the molecule is COc1ccc(CN2CCC(CCNC(=O)c3noc(-c4ccc(C#N)cc4)n3)CC2)cc1.O=C(O)/C=C/C(=O)O. The number of hydrogen-bond donors (Lipinski definition) is 3. The number of carbonyl (C=O) groups is 3. The topological polar surface area (TPSA) is 179 Å². The molecule has 0 radical (unpaired) electrons. The minimum absolute atomic E-state index is 0.0173. The van der Waals surface area contributed by atoms with Gasteiger partial charge in [0.1, 0.15) is 5.75 Å². The Morgan fingerprint density at radius 1 is 1.07 bits per heavy atom. The first kappa shape index (κ1) is 30.5. The van der Waals surface area contributed by atoms with E-state index in [-0.39, 0.29) is 17.6 Å². The molecule has 0 aliphatic carbocycles. The first-order chi connectivity index (χ1) is 19.8. The Balaban J connectivity index is 0.000000507. The molecule has 2 aromatic carbocycles. The second kappa shape index (κ2) is 15.5. The highest BCUT2D eigenvalue weighted by Crippen LogP contribution is 2.22. The Morgan fingerprint density at radius 2 is 1.71 bits per heavy atom. The third-order valence-electron chi connectivity index (χ3n) is 6.37. The van der Waals surface area contributed by atoms with Gasteiger partial charge in [-0.25, -0.2) is 9.59 Å². The van der Waals surface area contributed by atoms with Crippen molar-refractivity contribution in [2.75, 3.05) is 26.7 Å². The number of ether oxygens (including phenoxy) is 1. The maximum Gasteiger partial charge on any atom is 0.328 e. The standard InChI is InChI=1S/C25H27N5O3.C4H4O4/c1-32-22-8-4-20(5-9-22)17-30-14-11-18(12-15-30)10-13-27-24(31)23-28-25(33-29-23)21-6-2-19(16-26)3-7-21;5-3(6)1-2-4(7)8/h2-9,18H,10-15,17H2,1H3,(H,27,31);1-2H,(H,5,6)(H,7,8)/b;2-1+. The Bertz CT molecular complexity index is 1350. The quantitative estimate of drug-likeness (QED) is 0.309. The summed E-state index contributed by atoms with van der Waals surface area (Å²) in [5, 5.41) is 31.2. The summed E-state index contributed by atoms with van der Waals surface area (Å²) in [6, 6.07) is 17.1. The highest BCUT2D eigenvalue weighted by molar-refractivity contribution is 5.90. The summed E-state index contributed by atoms with van der Waals surface area (Å²) in [5.41, 5.74) is 2.51. The number of aliphatic carboxylic acids is 2. The van der Waals surface area contributed by atoms with E-state index in [2.05, 4.69) is 38.6 Å². The van der Waals surface area contributed by atoms with Crippen LogP contribution in [0.2, 0.25) is 0 Å². The zero-order valence-electron chi connectivity index (χ0n) is 22.5. The van der Waals surface area contributed by atoms with Gasteiger partial charge < -0.3 is 24.8 Å². The molecule has 41 heavy (non-hydrogen) atoms. The molecule has 0 saturated carbocycles. The number of carboxylic acid groups (broad SMARTS) is 2. The molecule has 214 valence electrons. The minimum atomic E-state index is -1.26. The molecule has 1 aliphatic heterocycles. The fourth-order valence-corrected chi connectivity index (χ4v) is 4.15. The van der Waals surface area contributed by atoms with Crippen molar-refractivity contribution in [3.05, 3.63) is 77.6 Å². The van der Waals surface area contributed by atoms with Crippen molar-refractivity contribution >= 4 is 17.8 Å². The average molecular weight is 562 g/mol. The van der Waals surface area contributed by atoms with E-state index < -0.39 is 11.9 Å². The van der Waals surface area contributed by atoms with Crippen molar-refractivity contribution < 1.29 is 33.9 Å². The van der Waals surface area contributed by atoms with Crippen LogP contribution < -0.4 is 10.1 Å². The summed E-state index contributed by atoms with van der Waals surface area (Å²) in [4.78, 5) is 38.1. The second-order valence-corrected chi connectivity index (χ2v) is 9.23. The van der Waals surface area contributed by atoms with Crippen molar-refractivity contribution in [1.29, 1.82) is 5.26 Å². The number of methoxy groups -OCH3 is 1. The lowest BCUT2D eigenvalue weighted by Gasteiger charge is -2.32. The number of carbonyl (C=O) groups excluding carboxylic acids is 1. The molecule has 3 N–H and O–H groups in total. The van der Waals surface area contributed by atoms with Crippen molar-refractivity contribution in [3.63, 3.8) is 0 Å². The Labute approximate surface area is 236 Å². The van der Waals surface area contributed by atoms with Crippen molar-refractivity contribution in [1.82, 2.24) is 20.4 Å². The van der Waals surface area contributed by atoms with Crippen LogP contribution >= 0.6 is 0 Å². The molecule has 0 bridgehead atoms. The summed E-state index contributed by atoms with van der Waals surface area (Å²) in [6.07, 6.45) is 4.29. The van der Waals surface area contributed by atoms with E-state index >= 15 is 0 Å². The van der Waals surface area contributed by atoms with Crippen molar-refractivity contribution in [2.24, 2.45) is 5.92 Å². The molecular weight excluding hydrogens is 530 g/mol. The zero-order valence-corrected chi connectivity index (χ0v) is 22.5. The largest absolute Gasteiger partial charge is 0.497 e. The molecule has 12 heteroatoms. The predicted octanol–water partition coefficient (Wildman–Crippen LogP) is 3.36. The van der Waals surface area contributed by atoms with Crippen LogP contribution in [0.3, 0.4) is 0 Å². The number of nitrogens with zero attached hydrogens (tertiary/aromatic N) is 4. The summed E-state index contributed by atoms with van der Waals surface area (Å²) < 4.78 is 10.4. The first-order valence-electron chi connectivity index (χ1n) is 12.9. The van der Waals surface area contributed by atoms with Gasteiger partial charge in [-0.15, -0.1) is 0 Å². The molecule has 12 nitrogen and oxygen atoms in total. The van der Waals surface area contributed by atoms with Gasteiger partial charge in [0.2, 0.25) is 0 Å². The van der Waals surface area contributed by atoms with Crippen LogP contribution in [0.1, 0.15) is 41.0 Å². The van der Waals surface area contributed by atoms with E-state index in [1.54, 1.807) is 31.4 Å². The van der Waals surface area contributed by atoms with Crippen LogP contribution in [-0.2, 0) is 16.1 Å². The lowest BCUT2D eigenvalue weighted by atomic mass is 9.93. The number of carboxylic acids is 2. The molecule has 2 heterocycles. The van der Waals surface area contributed by atoms with Crippen LogP contribution in [0.4, 0.5) is 0 Å². The lowest BCUT2D eigenvalue weighted by molar-refractivity contribution is -0.134. The van der Waals surface area contributed by atoms with Crippen LogP contribution in [0.25, 0.3) is 11.5 Å². The van der Waals surface area contributed by atoms with Gasteiger partial charge in [0.15, 0.2) is 0 Å². The molecule has 0 atom stereocenters. The Morgan fingerprint density at radius 3 is 2.27 bits per heavy atom. The molecule has 4 rings (SSSR count). The molecule has 1 aliphatic rings. The summed E-state index contributed by atoms with van der Waals surface area (Å²) in [5.74, 6) is -1.10. The average Bonchev–Trinajstić information content (AvgIpc) is 3.48. The first-order valence-corrected chi connectivity index (χ1v) is 12.9. The third-order valence-corrected chi connectivity index (χ3v) is 6.37. The number of nitrogens with one attached hydrogen (secondary N) is 1. The van der Waals surface area contributed by atoms with Crippen LogP contribution in [0.15, 0.2) is 65.2 Å². The van der Waals surface area contributed by atoms with Gasteiger partial charge in [-0.2, -0.15) is 10.2 Å². The van der Waals surface area contributed by atoms with E-state index in [4.69, 9.17) is 24.7 Å².